The van der Waals surface area contributed by atoms with Gasteiger partial charge in [-0.3, -0.25) is 4.52 Å². The van der Waals surface area contributed by atoms with E-state index in [9.17, 15) is 0 Å². The maximum absolute atomic E-state index is 6.86. The summed E-state index contributed by atoms with van der Waals surface area (Å²) in [5.41, 5.74) is 7.44. The van der Waals surface area contributed by atoms with Crippen LogP contribution in [0.3, 0.4) is 0 Å². The average Bonchev–Trinajstić information content (AvgIpc) is 2.78. The molecule has 1 atom stereocenters. The van der Waals surface area contributed by atoms with E-state index in [4.69, 9.17) is 13.6 Å². The van der Waals surface area contributed by atoms with Gasteiger partial charge in [-0.15, -0.1) is 0 Å². The van der Waals surface area contributed by atoms with E-state index in [2.05, 4.69) is 121 Å². The summed E-state index contributed by atoms with van der Waals surface area (Å²) in [6.07, 6.45) is 4.32. The molecule has 1 aliphatic rings. The highest BCUT2D eigenvalue weighted by Crippen LogP contribution is 2.53. The Kier molecular flexibility index (Phi) is 9.85. The number of benzene rings is 2. The van der Waals surface area contributed by atoms with Crippen LogP contribution in [0.15, 0.2) is 24.3 Å². The molecule has 2 aromatic rings. The van der Waals surface area contributed by atoms with Crippen LogP contribution in [0, 0.1) is 5.92 Å². The predicted molar refractivity (Wildman–Crippen MR) is 173 cm³/mol. The molecule has 4 heteroatoms. The third kappa shape index (κ3) is 8.04. The molecule has 40 heavy (non-hydrogen) atoms. The first kappa shape index (κ1) is 32.9. The Balaban J connectivity index is 2.29. The lowest BCUT2D eigenvalue weighted by Gasteiger charge is -2.34. The standard InChI is InChI=1S/C36H57O3P/c1-15-16-17-24(2)23-37-40-38-31-25(19-27(33(3,4)5)21-29(31)35(9,10)11)18-26-20-28(34(6,7)8)22-30(32(26)39-40)36(12,13)14/h19-22,24H,15-18,23H2,1-14H3. The van der Waals surface area contributed by atoms with Crippen molar-refractivity contribution in [2.75, 3.05) is 6.61 Å². The molecule has 3 rings (SSSR count). The molecule has 1 heterocycles. The molecule has 1 unspecified atom stereocenters. The normalized spacial score (nSPS) is 15.8. The lowest BCUT2D eigenvalue weighted by Crippen LogP contribution is -2.22. The molecule has 0 N–H and O–H groups in total. The smallest absolute Gasteiger partial charge is 0.417 e. The minimum absolute atomic E-state index is 0.0243. The van der Waals surface area contributed by atoms with Gasteiger partial charge >= 0.3 is 8.60 Å². The minimum atomic E-state index is -1.64. The molecule has 224 valence electrons. The van der Waals surface area contributed by atoms with Crippen LogP contribution < -0.4 is 9.05 Å². The van der Waals surface area contributed by atoms with Gasteiger partial charge in [0.1, 0.15) is 11.5 Å². The third-order valence-electron chi connectivity index (χ3n) is 7.91. The summed E-state index contributed by atoms with van der Waals surface area (Å²) in [6.45, 7) is 32.6. The van der Waals surface area contributed by atoms with Crippen molar-refractivity contribution in [1.82, 2.24) is 0 Å². The van der Waals surface area contributed by atoms with Crippen LogP contribution >= 0.6 is 8.60 Å². The van der Waals surface area contributed by atoms with E-state index < -0.39 is 8.60 Å². The summed E-state index contributed by atoms with van der Waals surface area (Å²) >= 11 is 0. The summed E-state index contributed by atoms with van der Waals surface area (Å²) < 4.78 is 20.3. The molecule has 0 saturated heterocycles. The fourth-order valence-electron chi connectivity index (χ4n) is 5.09. The van der Waals surface area contributed by atoms with Gasteiger partial charge in [-0.2, -0.15) is 0 Å². The van der Waals surface area contributed by atoms with Gasteiger partial charge in [-0.25, -0.2) is 0 Å². The van der Waals surface area contributed by atoms with Gasteiger partial charge in [0.2, 0.25) is 0 Å². The van der Waals surface area contributed by atoms with Crippen LogP contribution in [0.25, 0.3) is 0 Å². The molecule has 1 aliphatic heterocycles. The van der Waals surface area contributed by atoms with E-state index in [1.807, 2.05) is 0 Å². The van der Waals surface area contributed by atoms with Gasteiger partial charge in [0.25, 0.3) is 0 Å². The predicted octanol–water partition coefficient (Wildman–Crippen LogP) is 11.3. The van der Waals surface area contributed by atoms with Crippen LogP contribution in [0.2, 0.25) is 0 Å². The second-order valence-electron chi connectivity index (χ2n) is 16.2. The maximum atomic E-state index is 6.86. The van der Waals surface area contributed by atoms with Crippen molar-refractivity contribution >= 4 is 8.60 Å². The molecule has 0 fully saturated rings. The molecule has 3 nitrogen and oxygen atoms in total. The topological polar surface area (TPSA) is 27.7 Å². The monoisotopic (exact) mass is 568 g/mol. The van der Waals surface area contributed by atoms with Crippen LogP contribution in [0.4, 0.5) is 0 Å². The lowest BCUT2D eigenvalue weighted by molar-refractivity contribution is 0.217. The Morgan fingerprint density at radius 3 is 1.48 bits per heavy atom. The van der Waals surface area contributed by atoms with E-state index in [1.54, 1.807) is 0 Å². The number of rotatable bonds is 6. The van der Waals surface area contributed by atoms with Crippen molar-refractivity contribution < 1.29 is 13.6 Å². The molecule has 0 spiro atoms. The number of fused-ring (bicyclic) bond motifs is 2. The molecular weight excluding hydrogens is 511 g/mol. The van der Waals surface area contributed by atoms with Gasteiger partial charge in [-0.05, 0) is 56.3 Å². The summed E-state index contributed by atoms with van der Waals surface area (Å²) in [5.74, 6) is 2.34. The van der Waals surface area contributed by atoms with E-state index in [-0.39, 0.29) is 21.7 Å². The van der Waals surface area contributed by atoms with E-state index in [0.717, 1.165) is 24.3 Å². The fraction of sp³-hybridized carbons (Fsp3) is 0.667. The molecule has 0 saturated carbocycles. The van der Waals surface area contributed by atoms with Crippen molar-refractivity contribution in [3.05, 3.63) is 57.6 Å². The van der Waals surface area contributed by atoms with Crippen molar-refractivity contribution in [2.45, 2.75) is 144 Å². The third-order valence-corrected chi connectivity index (χ3v) is 8.93. The van der Waals surface area contributed by atoms with Crippen LogP contribution in [-0.2, 0) is 32.6 Å². The van der Waals surface area contributed by atoms with Crippen LogP contribution in [-0.4, -0.2) is 6.61 Å². The molecular formula is C36H57O3P. The molecule has 2 aromatic carbocycles. The zero-order valence-electron chi connectivity index (χ0n) is 28.1. The van der Waals surface area contributed by atoms with Crippen molar-refractivity contribution in [1.29, 1.82) is 0 Å². The number of hydrogen-bond acceptors (Lipinski definition) is 3. The first-order valence-corrected chi connectivity index (χ1v) is 16.5. The number of hydrogen-bond donors (Lipinski definition) is 0. The SMILES string of the molecule is CCCCC(C)COP1Oc2c(cc(C(C)(C)C)cc2C(C)(C)C)Cc2cc(C(C)(C)C)cc(C(C)(C)C)c2O1. The van der Waals surface area contributed by atoms with Gasteiger partial charge in [0.05, 0.1) is 6.61 Å². The van der Waals surface area contributed by atoms with Crippen molar-refractivity contribution in [2.24, 2.45) is 5.92 Å². The first-order valence-electron chi connectivity index (χ1n) is 15.4. The second-order valence-corrected chi connectivity index (χ2v) is 17.2. The Morgan fingerprint density at radius 2 is 1.12 bits per heavy atom. The Morgan fingerprint density at radius 1 is 0.700 bits per heavy atom. The summed E-state index contributed by atoms with van der Waals surface area (Å²) in [6, 6.07) is 9.45. The Bertz CT molecular complexity index is 1090. The van der Waals surface area contributed by atoms with Crippen molar-refractivity contribution in [3.63, 3.8) is 0 Å². The Hall–Kier alpha value is -1.57. The fourth-order valence-corrected chi connectivity index (χ4v) is 6.33. The highest BCUT2D eigenvalue weighted by atomic mass is 31.2. The van der Waals surface area contributed by atoms with E-state index in [1.165, 1.54) is 46.2 Å². The Labute approximate surface area is 247 Å². The maximum Gasteiger partial charge on any atom is 0.463 e. The highest BCUT2D eigenvalue weighted by Gasteiger charge is 2.35. The van der Waals surface area contributed by atoms with Gasteiger partial charge < -0.3 is 9.05 Å². The zero-order chi connectivity index (χ0) is 30.3. The molecule has 0 bridgehead atoms. The van der Waals surface area contributed by atoms with Gasteiger partial charge in [-0.1, -0.05) is 134 Å². The summed E-state index contributed by atoms with van der Waals surface area (Å²) in [5, 5.41) is 0. The first-order chi connectivity index (χ1) is 18.2. The average molecular weight is 569 g/mol. The minimum Gasteiger partial charge on any atom is -0.417 e. The quantitative estimate of drug-likeness (QED) is 0.324. The van der Waals surface area contributed by atoms with Crippen LogP contribution in [0.5, 0.6) is 11.5 Å². The van der Waals surface area contributed by atoms with Crippen LogP contribution in [0.1, 0.15) is 150 Å². The highest BCUT2D eigenvalue weighted by molar-refractivity contribution is 7.42. The molecule has 0 aliphatic carbocycles. The summed E-state index contributed by atoms with van der Waals surface area (Å²) in [4.78, 5) is 0. The molecule has 0 aromatic heterocycles. The van der Waals surface area contributed by atoms with Gasteiger partial charge in [0.15, 0.2) is 0 Å². The van der Waals surface area contributed by atoms with E-state index in [0.29, 0.717) is 12.5 Å². The van der Waals surface area contributed by atoms with Crippen molar-refractivity contribution in [3.8, 4) is 11.5 Å². The zero-order valence-corrected chi connectivity index (χ0v) is 29.0. The summed E-state index contributed by atoms with van der Waals surface area (Å²) in [7, 11) is -1.64. The second kappa shape index (κ2) is 12.0. The largest absolute Gasteiger partial charge is 0.463 e. The van der Waals surface area contributed by atoms with Gasteiger partial charge in [0, 0.05) is 17.5 Å². The molecule has 0 radical (unpaired) electrons. The number of unbranched alkanes of at least 4 members (excludes halogenated alkanes) is 1. The molecule has 0 amide bonds. The lowest BCUT2D eigenvalue weighted by atomic mass is 9.76. The van der Waals surface area contributed by atoms with E-state index >= 15 is 0 Å².